The van der Waals surface area contributed by atoms with Crippen molar-refractivity contribution in [3.05, 3.63) is 41.3 Å². The van der Waals surface area contributed by atoms with Gasteiger partial charge in [-0.3, -0.25) is 4.72 Å². The Balaban J connectivity index is 1.89. The number of hydrogen-bond donors (Lipinski definition) is 1. The molecule has 1 aliphatic heterocycles. The van der Waals surface area contributed by atoms with Crippen LogP contribution in [0.5, 0.6) is 0 Å². The number of fused-ring (bicyclic) bond motifs is 1. The van der Waals surface area contributed by atoms with Gasteiger partial charge in [0, 0.05) is 25.0 Å². The second kappa shape index (κ2) is 5.10. The van der Waals surface area contributed by atoms with Gasteiger partial charge in [0.05, 0.1) is 0 Å². The fraction of sp³-hybridized carbons (Fsp3) is 0.286. The number of anilines is 2. The zero-order valence-corrected chi connectivity index (χ0v) is 12.8. The molecule has 0 bridgehead atoms. The lowest BCUT2D eigenvalue weighted by molar-refractivity contribution is 0.603. The summed E-state index contributed by atoms with van der Waals surface area (Å²) >= 11 is 1.22. The maximum atomic E-state index is 12.2. The maximum absolute atomic E-state index is 12.2. The molecule has 2 heterocycles. The van der Waals surface area contributed by atoms with Crippen LogP contribution in [-0.2, 0) is 16.4 Å². The minimum Gasteiger partial charge on any atom is -0.374 e. The van der Waals surface area contributed by atoms with E-state index in [-0.39, 0.29) is 0 Å². The summed E-state index contributed by atoms with van der Waals surface area (Å²) in [5, 5.41) is 1.76. The largest absolute Gasteiger partial charge is 0.374 e. The van der Waals surface area contributed by atoms with E-state index in [0.717, 1.165) is 19.4 Å². The van der Waals surface area contributed by atoms with Gasteiger partial charge in [-0.2, -0.15) is 0 Å². The molecule has 0 amide bonds. The highest BCUT2D eigenvalue weighted by molar-refractivity contribution is 7.94. The predicted molar refractivity (Wildman–Crippen MR) is 83.2 cm³/mol. The monoisotopic (exact) mass is 308 g/mol. The van der Waals surface area contributed by atoms with E-state index in [1.807, 2.05) is 18.2 Å². The van der Waals surface area contributed by atoms with E-state index in [2.05, 4.69) is 16.7 Å². The van der Waals surface area contributed by atoms with E-state index in [1.54, 1.807) is 17.5 Å². The molecule has 2 aromatic rings. The summed E-state index contributed by atoms with van der Waals surface area (Å²) < 4.78 is 27.4. The molecule has 20 heavy (non-hydrogen) atoms. The summed E-state index contributed by atoms with van der Waals surface area (Å²) in [4.78, 5) is 2.20. The van der Waals surface area contributed by atoms with Crippen LogP contribution in [0.3, 0.4) is 0 Å². The van der Waals surface area contributed by atoms with Gasteiger partial charge in [0.2, 0.25) is 0 Å². The van der Waals surface area contributed by atoms with Crippen LogP contribution < -0.4 is 9.62 Å². The molecule has 0 aliphatic carbocycles. The number of aryl methyl sites for hydroxylation is 1. The third-order valence-electron chi connectivity index (χ3n) is 3.44. The first-order valence-corrected chi connectivity index (χ1v) is 8.83. The second-order valence-corrected chi connectivity index (χ2v) is 7.76. The number of hydrogen-bond acceptors (Lipinski definition) is 4. The van der Waals surface area contributed by atoms with Crippen molar-refractivity contribution in [2.45, 2.75) is 17.1 Å². The molecule has 6 heteroatoms. The molecule has 1 aromatic carbocycles. The van der Waals surface area contributed by atoms with E-state index >= 15 is 0 Å². The number of rotatable bonds is 3. The van der Waals surface area contributed by atoms with Gasteiger partial charge in [-0.1, -0.05) is 6.07 Å². The first-order chi connectivity index (χ1) is 9.56. The van der Waals surface area contributed by atoms with Crippen molar-refractivity contribution in [1.82, 2.24) is 0 Å². The summed E-state index contributed by atoms with van der Waals surface area (Å²) in [7, 11) is -1.39. The van der Waals surface area contributed by atoms with E-state index in [9.17, 15) is 8.42 Å². The first-order valence-electron chi connectivity index (χ1n) is 6.47. The molecule has 0 saturated carbocycles. The van der Waals surface area contributed by atoms with Crippen LogP contribution in [0.25, 0.3) is 0 Å². The molecule has 1 aliphatic rings. The standard InChI is InChI=1S/C14H16N2O2S2/c1-16-8-2-4-11-10-12(6-7-13(11)16)15-20(17,18)14-5-3-9-19-14/h3,5-7,9-10,15H,2,4,8H2,1H3. The van der Waals surface area contributed by atoms with E-state index in [0.29, 0.717) is 9.90 Å². The molecule has 3 rings (SSSR count). The summed E-state index contributed by atoms with van der Waals surface area (Å²) in [6.45, 7) is 1.05. The van der Waals surface area contributed by atoms with Crippen molar-refractivity contribution in [2.75, 3.05) is 23.2 Å². The van der Waals surface area contributed by atoms with E-state index < -0.39 is 10.0 Å². The van der Waals surface area contributed by atoms with Crippen LogP contribution in [0.2, 0.25) is 0 Å². The topological polar surface area (TPSA) is 49.4 Å². The predicted octanol–water partition coefficient (Wildman–Crippen LogP) is 2.93. The summed E-state index contributed by atoms with van der Waals surface area (Å²) in [6, 6.07) is 9.10. The number of nitrogens with one attached hydrogen (secondary N) is 1. The molecule has 1 aromatic heterocycles. The van der Waals surface area contributed by atoms with Crippen molar-refractivity contribution >= 4 is 32.7 Å². The fourth-order valence-electron chi connectivity index (χ4n) is 2.47. The molecule has 0 radical (unpaired) electrons. The molecule has 0 fully saturated rings. The Morgan fingerprint density at radius 2 is 2.15 bits per heavy atom. The SMILES string of the molecule is CN1CCCc2cc(NS(=O)(=O)c3cccs3)ccc21. The van der Waals surface area contributed by atoms with Gasteiger partial charge >= 0.3 is 0 Å². The zero-order valence-electron chi connectivity index (χ0n) is 11.2. The minimum absolute atomic E-state index is 0.340. The Morgan fingerprint density at radius 1 is 1.30 bits per heavy atom. The molecular formula is C14H16N2O2S2. The zero-order chi connectivity index (χ0) is 14.2. The smallest absolute Gasteiger partial charge is 0.271 e. The molecule has 1 N–H and O–H groups in total. The summed E-state index contributed by atoms with van der Waals surface area (Å²) in [6.07, 6.45) is 2.10. The fourth-order valence-corrected chi connectivity index (χ4v) is 4.51. The molecular weight excluding hydrogens is 292 g/mol. The van der Waals surface area contributed by atoms with Gasteiger partial charge in [0.25, 0.3) is 10.0 Å². The number of thiophene rings is 1. The van der Waals surface area contributed by atoms with Crippen LogP contribution >= 0.6 is 11.3 Å². The highest BCUT2D eigenvalue weighted by Gasteiger charge is 2.18. The Labute approximate surface area is 123 Å². The number of benzene rings is 1. The van der Waals surface area contributed by atoms with Crippen LogP contribution in [-0.4, -0.2) is 22.0 Å². The Bertz CT molecular complexity index is 709. The van der Waals surface area contributed by atoms with Crippen LogP contribution in [0, 0.1) is 0 Å². The quantitative estimate of drug-likeness (QED) is 0.948. The molecule has 0 unspecified atom stereocenters. The van der Waals surface area contributed by atoms with Gasteiger partial charge in [-0.05, 0) is 48.1 Å². The highest BCUT2D eigenvalue weighted by atomic mass is 32.2. The number of nitrogens with zero attached hydrogens (tertiary/aromatic N) is 1. The molecule has 0 atom stereocenters. The summed E-state index contributed by atoms with van der Waals surface area (Å²) in [5.74, 6) is 0. The van der Waals surface area contributed by atoms with Crippen molar-refractivity contribution in [1.29, 1.82) is 0 Å². The average Bonchev–Trinajstić information content (AvgIpc) is 2.93. The normalized spacial score (nSPS) is 14.9. The molecule has 4 nitrogen and oxygen atoms in total. The van der Waals surface area contributed by atoms with Crippen molar-refractivity contribution in [3.63, 3.8) is 0 Å². The Kier molecular flexibility index (Phi) is 3.43. The van der Waals surface area contributed by atoms with Gasteiger partial charge in [0.15, 0.2) is 0 Å². The van der Waals surface area contributed by atoms with Crippen molar-refractivity contribution in [2.24, 2.45) is 0 Å². The van der Waals surface area contributed by atoms with Gasteiger partial charge in [-0.15, -0.1) is 11.3 Å². The molecule has 106 valence electrons. The van der Waals surface area contributed by atoms with Crippen molar-refractivity contribution in [3.8, 4) is 0 Å². The van der Waals surface area contributed by atoms with Crippen molar-refractivity contribution < 1.29 is 8.42 Å². The second-order valence-electron chi connectivity index (χ2n) is 4.91. The molecule has 0 spiro atoms. The first kappa shape index (κ1) is 13.5. The maximum Gasteiger partial charge on any atom is 0.271 e. The third kappa shape index (κ3) is 2.53. The number of sulfonamides is 1. The van der Waals surface area contributed by atoms with Gasteiger partial charge < -0.3 is 4.90 Å². The third-order valence-corrected chi connectivity index (χ3v) is 6.22. The van der Waals surface area contributed by atoms with Crippen LogP contribution in [0.15, 0.2) is 39.9 Å². The van der Waals surface area contributed by atoms with Gasteiger partial charge in [0.1, 0.15) is 4.21 Å². The van der Waals surface area contributed by atoms with Crippen LogP contribution in [0.1, 0.15) is 12.0 Å². The Hall–Kier alpha value is -1.53. The highest BCUT2D eigenvalue weighted by Crippen LogP contribution is 2.29. The van der Waals surface area contributed by atoms with Gasteiger partial charge in [-0.25, -0.2) is 8.42 Å². The minimum atomic E-state index is -3.46. The van der Waals surface area contributed by atoms with E-state index in [1.165, 1.54) is 22.6 Å². The summed E-state index contributed by atoms with van der Waals surface area (Å²) in [5.41, 5.74) is 3.02. The van der Waals surface area contributed by atoms with E-state index in [4.69, 9.17) is 0 Å². The average molecular weight is 308 g/mol. The lowest BCUT2D eigenvalue weighted by Gasteiger charge is -2.27. The lowest BCUT2D eigenvalue weighted by atomic mass is 10.0. The molecule has 0 saturated heterocycles. The lowest BCUT2D eigenvalue weighted by Crippen LogP contribution is -2.24. The van der Waals surface area contributed by atoms with Crippen LogP contribution in [0.4, 0.5) is 11.4 Å². The Morgan fingerprint density at radius 3 is 2.90 bits per heavy atom.